The van der Waals surface area contributed by atoms with Gasteiger partial charge in [0, 0.05) is 21.3 Å². The average molecular weight is 345 g/mol. The van der Waals surface area contributed by atoms with Crippen molar-refractivity contribution in [3.8, 4) is 0 Å². The molecule has 0 spiro atoms. The Labute approximate surface area is 149 Å². The first-order valence-electron chi connectivity index (χ1n) is 9.90. The van der Waals surface area contributed by atoms with Gasteiger partial charge in [-0.1, -0.05) is 65.2 Å². The minimum atomic E-state index is -0.975. The van der Waals surface area contributed by atoms with E-state index in [2.05, 4.69) is 13.8 Å². The first-order valence-corrected chi connectivity index (χ1v) is 9.90. The number of epoxide rings is 1. The minimum absolute atomic E-state index is 0.146. The van der Waals surface area contributed by atoms with E-state index in [0.717, 1.165) is 38.7 Å². The molecule has 0 aromatic carbocycles. The van der Waals surface area contributed by atoms with E-state index in [9.17, 15) is 0 Å². The minimum Gasteiger partial charge on any atom is -0.373 e. The lowest BCUT2D eigenvalue weighted by Crippen LogP contribution is -2.53. The van der Waals surface area contributed by atoms with E-state index in [1.165, 1.54) is 38.5 Å². The molecule has 0 N–H and O–H groups in total. The van der Waals surface area contributed by atoms with Crippen molar-refractivity contribution in [2.45, 2.75) is 96.6 Å². The molecule has 0 radical (unpaired) electrons. The second kappa shape index (κ2) is 11.5. The first-order chi connectivity index (χ1) is 11.6. The highest BCUT2D eigenvalue weighted by molar-refractivity contribution is 4.93. The van der Waals surface area contributed by atoms with Crippen LogP contribution in [0, 0.1) is 5.41 Å². The van der Waals surface area contributed by atoms with Crippen molar-refractivity contribution in [1.29, 1.82) is 0 Å². The third-order valence-electron chi connectivity index (χ3n) is 5.49. The standard InChI is InChI=1S/C20H40O4/c1-6-8-10-11-12-13-15-19(14-9-7-2,16-18-17-24-18)20(21-3,22-4)23-5/h18H,6-17H2,1-5H3. The third-order valence-corrected chi connectivity index (χ3v) is 5.49. The fraction of sp³-hybridized carbons (Fsp3) is 1.00. The molecule has 144 valence electrons. The number of rotatable bonds is 16. The number of hydrogen-bond acceptors (Lipinski definition) is 4. The Morgan fingerprint density at radius 2 is 1.29 bits per heavy atom. The number of hydrogen-bond donors (Lipinski definition) is 0. The van der Waals surface area contributed by atoms with E-state index in [-0.39, 0.29) is 5.41 Å². The Bertz CT molecular complexity index is 304. The van der Waals surface area contributed by atoms with Crippen molar-refractivity contribution < 1.29 is 18.9 Å². The Kier molecular flexibility index (Phi) is 10.4. The summed E-state index contributed by atoms with van der Waals surface area (Å²) in [6.45, 7) is 5.35. The second-order valence-corrected chi connectivity index (χ2v) is 7.23. The molecule has 1 aliphatic rings. The van der Waals surface area contributed by atoms with Crippen molar-refractivity contribution in [3.63, 3.8) is 0 Å². The van der Waals surface area contributed by atoms with Crippen LogP contribution in [0.4, 0.5) is 0 Å². The van der Waals surface area contributed by atoms with E-state index < -0.39 is 5.97 Å². The van der Waals surface area contributed by atoms with Crippen LogP contribution in [0.1, 0.15) is 84.5 Å². The monoisotopic (exact) mass is 344 g/mol. The van der Waals surface area contributed by atoms with Crippen molar-refractivity contribution in [1.82, 2.24) is 0 Å². The predicted octanol–water partition coefficient (Wildman–Crippen LogP) is 5.30. The molecular weight excluding hydrogens is 304 g/mol. The summed E-state index contributed by atoms with van der Waals surface area (Å²) in [7, 11) is 5.09. The molecule has 24 heavy (non-hydrogen) atoms. The molecule has 4 nitrogen and oxygen atoms in total. The lowest BCUT2D eigenvalue weighted by atomic mass is 9.72. The maximum absolute atomic E-state index is 5.82. The Morgan fingerprint density at radius 3 is 1.79 bits per heavy atom. The van der Waals surface area contributed by atoms with Gasteiger partial charge in [-0.3, -0.25) is 0 Å². The predicted molar refractivity (Wildman–Crippen MR) is 98.1 cm³/mol. The maximum atomic E-state index is 5.82. The number of methoxy groups -OCH3 is 3. The molecule has 1 fully saturated rings. The zero-order valence-corrected chi connectivity index (χ0v) is 16.7. The van der Waals surface area contributed by atoms with Crippen molar-refractivity contribution in [3.05, 3.63) is 0 Å². The van der Waals surface area contributed by atoms with Crippen LogP contribution >= 0.6 is 0 Å². The van der Waals surface area contributed by atoms with E-state index in [1.807, 2.05) is 0 Å². The summed E-state index contributed by atoms with van der Waals surface area (Å²) in [5.41, 5.74) is -0.146. The van der Waals surface area contributed by atoms with Crippen molar-refractivity contribution in [2.24, 2.45) is 5.41 Å². The lowest BCUT2D eigenvalue weighted by Gasteiger charge is -2.47. The molecule has 0 aromatic rings. The summed E-state index contributed by atoms with van der Waals surface area (Å²) in [6, 6.07) is 0. The van der Waals surface area contributed by atoms with Crippen molar-refractivity contribution in [2.75, 3.05) is 27.9 Å². The lowest BCUT2D eigenvalue weighted by molar-refractivity contribution is -0.411. The molecule has 1 aliphatic heterocycles. The number of unbranched alkanes of at least 4 members (excludes halogenated alkanes) is 6. The van der Waals surface area contributed by atoms with Crippen LogP contribution in [-0.4, -0.2) is 40.0 Å². The summed E-state index contributed by atoms with van der Waals surface area (Å²) in [5, 5.41) is 0. The van der Waals surface area contributed by atoms with Gasteiger partial charge in [-0.2, -0.15) is 0 Å². The molecule has 2 unspecified atom stereocenters. The molecule has 0 aromatic heterocycles. The zero-order valence-electron chi connectivity index (χ0n) is 16.7. The molecule has 2 atom stereocenters. The summed E-state index contributed by atoms with van der Waals surface area (Å²) >= 11 is 0. The van der Waals surface area contributed by atoms with Gasteiger partial charge in [0.15, 0.2) is 0 Å². The normalized spacial score (nSPS) is 20.1. The van der Waals surface area contributed by atoms with E-state index in [4.69, 9.17) is 18.9 Å². The first kappa shape index (κ1) is 21.9. The second-order valence-electron chi connectivity index (χ2n) is 7.23. The SMILES string of the molecule is CCCCCCCCC(CCCC)(CC1CO1)C(OC)(OC)OC. The van der Waals surface area contributed by atoms with Gasteiger partial charge in [0.2, 0.25) is 0 Å². The van der Waals surface area contributed by atoms with Crippen LogP contribution in [0.15, 0.2) is 0 Å². The van der Waals surface area contributed by atoms with Gasteiger partial charge in [0.1, 0.15) is 0 Å². The fourth-order valence-electron chi connectivity index (χ4n) is 4.04. The molecule has 0 bridgehead atoms. The van der Waals surface area contributed by atoms with Gasteiger partial charge >= 0.3 is 0 Å². The molecule has 0 aliphatic carbocycles. The van der Waals surface area contributed by atoms with Crippen LogP contribution in [0.5, 0.6) is 0 Å². The van der Waals surface area contributed by atoms with Gasteiger partial charge < -0.3 is 18.9 Å². The van der Waals surface area contributed by atoms with Crippen LogP contribution in [0.25, 0.3) is 0 Å². The van der Waals surface area contributed by atoms with Crippen LogP contribution < -0.4 is 0 Å². The Morgan fingerprint density at radius 1 is 0.792 bits per heavy atom. The van der Waals surface area contributed by atoms with Crippen molar-refractivity contribution >= 4 is 0 Å². The highest BCUT2D eigenvalue weighted by Gasteiger charge is 2.55. The zero-order chi connectivity index (χ0) is 17.9. The number of ether oxygens (including phenoxy) is 4. The highest BCUT2D eigenvalue weighted by atomic mass is 16.9. The smallest absolute Gasteiger partial charge is 0.288 e. The van der Waals surface area contributed by atoms with Crippen LogP contribution in [0.2, 0.25) is 0 Å². The summed E-state index contributed by atoms with van der Waals surface area (Å²) < 4.78 is 23.0. The van der Waals surface area contributed by atoms with Gasteiger partial charge in [0.25, 0.3) is 5.97 Å². The molecule has 1 saturated heterocycles. The fourth-order valence-corrected chi connectivity index (χ4v) is 4.04. The van der Waals surface area contributed by atoms with E-state index in [0.29, 0.717) is 6.10 Å². The average Bonchev–Trinajstić information content (AvgIpc) is 3.42. The van der Waals surface area contributed by atoms with Gasteiger partial charge in [-0.05, 0) is 19.3 Å². The van der Waals surface area contributed by atoms with Crippen LogP contribution in [0.3, 0.4) is 0 Å². The van der Waals surface area contributed by atoms with E-state index in [1.54, 1.807) is 21.3 Å². The quantitative estimate of drug-likeness (QED) is 0.216. The van der Waals surface area contributed by atoms with Gasteiger partial charge in [0.05, 0.1) is 18.1 Å². The third kappa shape index (κ3) is 5.98. The molecule has 1 heterocycles. The molecule has 4 heteroatoms. The van der Waals surface area contributed by atoms with E-state index >= 15 is 0 Å². The topological polar surface area (TPSA) is 40.2 Å². The molecule has 0 amide bonds. The molecular formula is C20H40O4. The Balaban J connectivity index is 2.80. The van der Waals surface area contributed by atoms with Gasteiger partial charge in [-0.15, -0.1) is 0 Å². The molecule has 1 rings (SSSR count). The highest BCUT2D eigenvalue weighted by Crippen LogP contribution is 2.50. The van der Waals surface area contributed by atoms with Gasteiger partial charge in [-0.25, -0.2) is 0 Å². The summed E-state index contributed by atoms with van der Waals surface area (Å²) in [4.78, 5) is 0. The summed E-state index contributed by atoms with van der Waals surface area (Å²) in [5.74, 6) is -0.975. The summed E-state index contributed by atoms with van der Waals surface area (Å²) in [6.07, 6.45) is 13.5. The maximum Gasteiger partial charge on any atom is 0.288 e. The Hall–Kier alpha value is -0.160. The largest absolute Gasteiger partial charge is 0.373 e. The molecule has 0 saturated carbocycles. The van der Waals surface area contributed by atoms with Crippen LogP contribution in [-0.2, 0) is 18.9 Å².